The van der Waals surface area contributed by atoms with Gasteiger partial charge in [0, 0.05) is 64.2 Å². The molecule has 0 aromatic carbocycles. The summed E-state index contributed by atoms with van der Waals surface area (Å²) in [7, 11) is 8.15. The summed E-state index contributed by atoms with van der Waals surface area (Å²) in [4.78, 5) is 33.4. The molecule has 3 fully saturated rings. The molecule has 0 radical (unpaired) electrons. The van der Waals surface area contributed by atoms with E-state index in [-0.39, 0.29) is 22.9 Å². The van der Waals surface area contributed by atoms with Crippen molar-refractivity contribution in [1.82, 2.24) is 19.6 Å². The third kappa shape index (κ3) is 2.94. The Hall–Kier alpha value is -1.14. The SMILES string of the molecule is CN1CCN(C)C2(CCC3(CC2)CC(=O)N(C)CCN3C)CC1=O. The predicted molar refractivity (Wildman–Crippen MR) is 93.7 cm³/mol. The molecule has 1 saturated carbocycles. The molecule has 6 heteroatoms. The molecule has 0 unspecified atom stereocenters. The fourth-order valence-electron chi connectivity index (χ4n) is 4.72. The first kappa shape index (κ1) is 17.7. The van der Waals surface area contributed by atoms with Crippen LogP contribution in [0, 0.1) is 0 Å². The van der Waals surface area contributed by atoms with Crippen molar-refractivity contribution < 1.29 is 9.59 Å². The molecule has 0 bridgehead atoms. The van der Waals surface area contributed by atoms with Crippen LogP contribution in [0.3, 0.4) is 0 Å². The van der Waals surface area contributed by atoms with Crippen molar-refractivity contribution in [2.24, 2.45) is 0 Å². The molecule has 3 aliphatic rings. The number of rotatable bonds is 0. The summed E-state index contributed by atoms with van der Waals surface area (Å²) in [5, 5.41) is 0. The van der Waals surface area contributed by atoms with E-state index in [9.17, 15) is 9.59 Å². The van der Waals surface area contributed by atoms with Crippen molar-refractivity contribution in [3.8, 4) is 0 Å². The first-order chi connectivity index (χ1) is 11.3. The van der Waals surface area contributed by atoms with Crippen LogP contribution in [0.2, 0.25) is 0 Å². The Morgan fingerprint density at radius 1 is 0.625 bits per heavy atom. The molecule has 136 valence electrons. The normalized spacial score (nSPS) is 37.2. The van der Waals surface area contributed by atoms with Gasteiger partial charge >= 0.3 is 0 Å². The van der Waals surface area contributed by atoms with Crippen molar-refractivity contribution in [3.63, 3.8) is 0 Å². The Kier molecular flexibility index (Phi) is 4.64. The number of amides is 2. The first-order valence-electron chi connectivity index (χ1n) is 9.18. The molecular weight excluding hydrogens is 304 g/mol. The number of hydrogen-bond acceptors (Lipinski definition) is 4. The van der Waals surface area contributed by atoms with E-state index >= 15 is 0 Å². The van der Waals surface area contributed by atoms with Gasteiger partial charge in [0.1, 0.15) is 0 Å². The molecule has 0 aromatic rings. The second-order valence-corrected chi connectivity index (χ2v) is 8.28. The topological polar surface area (TPSA) is 47.1 Å². The van der Waals surface area contributed by atoms with Crippen LogP contribution < -0.4 is 0 Å². The molecule has 2 aliphatic heterocycles. The van der Waals surface area contributed by atoms with E-state index in [0.717, 1.165) is 51.9 Å². The molecule has 2 heterocycles. The molecule has 2 amide bonds. The quantitative estimate of drug-likeness (QED) is 0.651. The van der Waals surface area contributed by atoms with Crippen LogP contribution in [0.15, 0.2) is 0 Å². The standard InChI is InChI=1S/C18H32N4O2/c1-19-9-11-21(3)17(13-15(19)23)5-7-18(8-6-17)14-16(24)20(2)10-12-22(18)4/h5-14H2,1-4H3. The second kappa shape index (κ2) is 6.30. The van der Waals surface area contributed by atoms with Crippen LogP contribution in [-0.4, -0.2) is 96.9 Å². The van der Waals surface area contributed by atoms with Crippen LogP contribution in [0.4, 0.5) is 0 Å². The number of likely N-dealkylation sites (N-methyl/N-ethyl adjacent to an activating group) is 4. The minimum atomic E-state index is -0.0187. The van der Waals surface area contributed by atoms with E-state index in [0.29, 0.717) is 12.8 Å². The van der Waals surface area contributed by atoms with Crippen molar-refractivity contribution >= 4 is 11.8 Å². The Morgan fingerprint density at radius 3 is 1.29 bits per heavy atom. The van der Waals surface area contributed by atoms with E-state index in [1.54, 1.807) is 0 Å². The summed E-state index contributed by atoms with van der Waals surface area (Å²) < 4.78 is 0. The summed E-state index contributed by atoms with van der Waals surface area (Å²) in [6, 6.07) is 0. The lowest BCUT2D eigenvalue weighted by Gasteiger charge is -2.52. The highest BCUT2D eigenvalue weighted by molar-refractivity contribution is 5.78. The van der Waals surface area contributed by atoms with E-state index in [2.05, 4.69) is 23.9 Å². The second-order valence-electron chi connectivity index (χ2n) is 8.28. The Labute approximate surface area is 145 Å². The summed E-state index contributed by atoms with van der Waals surface area (Å²) in [6.45, 7) is 3.50. The minimum absolute atomic E-state index is 0.0187. The third-order valence-corrected chi connectivity index (χ3v) is 7.08. The van der Waals surface area contributed by atoms with Gasteiger partial charge in [-0.3, -0.25) is 19.4 Å². The Balaban J connectivity index is 1.78. The average Bonchev–Trinajstić information content (AvgIpc) is 2.73. The summed E-state index contributed by atoms with van der Waals surface area (Å²) in [5.74, 6) is 0.528. The van der Waals surface area contributed by atoms with Crippen molar-refractivity contribution in [3.05, 3.63) is 0 Å². The Morgan fingerprint density at radius 2 is 0.958 bits per heavy atom. The maximum absolute atomic E-state index is 12.4. The zero-order chi connectivity index (χ0) is 17.5. The maximum Gasteiger partial charge on any atom is 0.224 e. The van der Waals surface area contributed by atoms with Gasteiger partial charge in [-0.2, -0.15) is 0 Å². The molecule has 2 saturated heterocycles. The molecule has 0 N–H and O–H groups in total. The van der Waals surface area contributed by atoms with E-state index in [1.165, 1.54) is 0 Å². The summed E-state index contributed by atoms with van der Waals surface area (Å²) >= 11 is 0. The van der Waals surface area contributed by atoms with Crippen LogP contribution >= 0.6 is 0 Å². The fourth-order valence-corrected chi connectivity index (χ4v) is 4.72. The van der Waals surface area contributed by atoms with Gasteiger partial charge in [0.05, 0.1) is 0 Å². The van der Waals surface area contributed by atoms with Crippen molar-refractivity contribution in [2.75, 3.05) is 54.4 Å². The molecule has 0 aromatic heterocycles. The van der Waals surface area contributed by atoms with E-state index in [1.807, 2.05) is 23.9 Å². The molecule has 1 aliphatic carbocycles. The first-order valence-corrected chi connectivity index (χ1v) is 9.18. The lowest BCUT2D eigenvalue weighted by Crippen LogP contribution is -2.57. The molecular formula is C18H32N4O2. The number of nitrogens with zero attached hydrogens (tertiary/aromatic N) is 4. The van der Waals surface area contributed by atoms with Gasteiger partial charge in [-0.25, -0.2) is 0 Å². The van der Waals surface area contributed by atoms with E-state index < -0.39 is 0 Å². The van der Waals surface area contributed by atoms with Gasteiger partial charge in [-0.15, -0.1) is 0 Å². The van der Waals surface area contributed by atoms with Gasteiger partial charge < -0.3 is 9.80 Å². The zero-order valence-corrected chi connectivity index (χ0v) is 15.7. The molecule has 6 nitrogen and oxygen atoms in total. The lowest BCUT2D eigenvalue weighted by atomic mass is 9.68. The summed E-state index contributed by atoms with van der Waals surface area (Å²) in [5.41, 5.74) is -0.0373. The van der Waals surface area contributed by atoms with Gasteiger partial charge in [0.2, 0.25) is 11.8 Å². The number of hydrogen-bond donors (Lipinski definition) is 0. The highest BCUT2D eigenvalue weighted by Crippen LogP contribution is 2.45. The Bertz CT molecular complexity index is 467. The molecule has 0 atom stereocenters. The number of carbonyl (C=O) groups is 2. The lowest BCUT2D eigenvalue weighted by molar-refractivity contribution is -0.134. The minimum Gasteiger partial charge on any atom is -0.344 e. The zero-order valence-electron chi connectivity index (χ0n) is 15.7. The van der Waals surface area contributed by atoms with Crippen LogP contribution in [0.25, 0.3) is 0 Å². The molecule has 2 spiro atoms. The van der Waals surface area contributed by atoms with Crippen molar-refractivity contribution in [1.29, 1.82) is 0 Å². The van der Waals surface area contributed by atoms with Crippen LogP contribution in [0.5, 0.6) is 0 Å². The number of carbonyl (C=O) groups excluding carboxylic acids is 2. The van der Waals surface area contributed by atoms with Gasteiger partial charge in [0.25, 0.3) is 0 Å². The average molecular weight is 336 g/mol. The highest BCUT2D eigenvalue weighted by Gasteiger charge is 2.50. The molecule has 3 rings (SSSR count). The van der Waals surface area contributed by atoms with Gasteiger partial charge in [-0.1, -0.05) is 0 Å². The van der Waals surface area contributed by atoms with Gasteiger partial charge in [0.15, 0.2) is 0 Å². The monoisotopic (exact) mass is 336 g/mol. The van der Waals surface area contributed by atoms with E-state index in [4.69, 9.17) is 0 Å². The third-order valence-electron chi connectivity index (χ3n) is 7.08. The van der Waals surface area contributed by atoms with Crippen LogP contribution in [-0.2, 0) is 9.59 Å². The van der Waals surface area contributed by atoms with Crippen molar-refractivity contribution in [2.45, 2.75) is 49.6 Å². The summed E-state index contributed by atoms with van der Waals surface area (Å²) in [6.07, 6.45) is 5.25. The van der Waals surface area contributed by atoms with Gasteiger partial charge in [-0.05, 0) is 39.8 Å². The molecule has 24 heavy (non-hydrogen) atoms. The largest absolute Gasteiger partial charge is 0.344 e. The highest BCUT2D eigenvalue weighted by atomic mass is 16.2. The maximum atomic E-state index is 12.4. The van der Waals surface area contributed by atoms with Crippen LogP contribution in [0.1, 0.15) is 38.5 Å². The predicted octanol–water partition coefficient (Wildman–Crippen LogP) is 0.626. The fraction of sp³-hybridized carbons (Fsp3) is 0.889. The smallest absolute Gasteiger partial charge is 0.224 e.